The molecule has 2 aromatic rings. The number of likely N-dealkylation sites (tertiary alicyclic amines) is 1. The molecular formula is C17H22N4. The third kappa shape index (κ3) is 3.39. The maximum atomic E-state index is 4.34. The molecule has 0 spiro atoms. The van der Waals surface area contributed by atoms with Crippen LogP contribution in [0, 0.1) is 6.92 Å². The maximum Gasteiger partial charge on any atom is 0.131 e. The predicted octanol–water partition coefficient (Wildman–Crippen LogP) is 2.50. The molecule has 1 atom stereocenters. The van der Waals surface area contributed by atoms with E-state index in [0.717, 1.165) is 25.5 Å². The molecule has 0 saturated carbocycles. The Hall–Kier alpha value is -1.94. The van der Waals surface area contributed by atoms with E-state index in [1.54, 1.807) is 12.5 Å². The lowest BCUT2D eigenvalue weighted by Crippen LogP contribution is -2.34. The zero-order chi connectivity index (χ0) is 14.7. The topological polar surface area (TPSA) is 32.3 Å². The highest BCUT2D eigenvalue weighted by molar-refractivity contribution is 5.37. The van der Waals surface area contributed by atoms with Crippen molar-refractivity contribution < 1.29 is 0 Å². The molecule has 0 bridgehead atoms. The summed E-state index contributed by atoms with van der Waals surface area (Å²) in [5.41, 5.74) is 2.74. The number of hydrogen-bond acceptors (Lipinski definition) is 4. The Balaban J connectivity index is 1.60. The zero-order valence-corrected chi connectivity index (χ0v) is 12.7. The molecule has 0 aliphatic carbocycles. The smallest absolute Gasteiger partial charge is 0.131 e. The monoisotopic (exact) mass is 282 g/mol. The molecular weight excluding hydrogens is 260 g/mol. The van der Waals surface area contributed by atoms with Gasteiger partial charge in [-0.25, -0.2) is 9.97 Å². The Bertz CT molecular complexity index is 584. The third-order valence-electron chi connectivity index (χ3n) is 4.21. The fourth-order valence-electron chi connectivity index (χ4n) is 3.02. The van der Waals surface area contributed by atoms with E-state index in [9.17, 15) is 0 Å². The van der Waals surface area contributed by atoms with Crippen molar-refractivity contribution in [3.63, 3.8) is 0 Å². The standard InChI is InChI=1S/C17H22N4/c1-14-4-3-5-15(10-14)11-21-9-7-16(12-21)20(2)17-6-8-18-13-19-17/h3-6,8,10,13,16H,7,9,11-12H2,1-2H3. The normalized spacial score (nSPS) is 18.9. The first kappa shape index (κ1) is 14.0. The van der Waals surface area contributed by atoms with Crippen molar-refractivity contribution in [3.05, 3.63) is 54.0 Å². The van der Waals surface area contributed by atoms with Crippen LogP contribution in [-0.4, -0.2) is 41.0 Å². The van der Waals surface area contributed by atoms with E-state index in [1.165, 1.54) is 17.5 Å². The van der Waals surface area contributed by atoms with Crippen LogP contribution in [0.2, 0.25) is 0 Å². The average molecular weight is 282 g/mol. The van der Waals surface area contributed by atoms with E-state index < -0.39 is 0 Å². The molecule has 21 heavy (non-hydrogen) atoms. The van der Waals surface area contributed by atoms with Crippen LogP contribution in [0.3, 0.4) is 0 Å². The summed E-state index contributed by atoms with van der Waals surface area (Å²) in [7, 11) is 2.13. The van der Waals surface area contributed by atoms with Gasteiger partial charge in [0.05, 0.1) is 0 Å². The summed E-state index contributed by atoms with van der Waals surface area (Å²) in [4.78, 5) is 13.1. The summed E-state index contributed by atoms with van der Waals surface area (Å²) in [5.74, 6) is 1.01. The van der Waals surface area contributed by atoms with E-state index in [1.807, 2.05) is 6.07 Å². The van der Waals surface area contributed by atoms with Crippen LogP contribution in [-0.2, 0) is 6.54 Å². The highest BCUT2D eigenvalue weighted by Gasteiger charge is 2.26. The number of hydrogen-bond donors (Lipinski definition) is 0. The minimum Gasteiger partial charge on any atom is -0.355 e. The van der Waals surface area contributed by atoms with E-state index in [0.29, 0.717) is 6.04 Å². The molecule has 1 aliphatic rings. The summed E-state index contributed by atoms with van der Waals surface area (Å²) >= 11 is 0. The van der Waals surface area contributed by atoms with Gasteiger partial charge in [-0.3, -0.25) is 4.90 Å². The fraction of sp³-hybridized carbons (Fsp3) is 0.412. The Labute approximate surface area is 126 Å². The SMILES string of the molecule is Cc1cccc(CN2CCC(N(C)c3ccncn3)C2)c1. The van der Waals surface area contributed by atoms with Gasteiger partial charge in [-0.2, -0.15) is 0 Å². The molecule has 0 N–H and O–H groups in total. The van der Waals surface area contributed by atoms with Crippen molar-refractivity contribution in [1.29, 1.82) is 0 Å². The number of aryl methyl sites for hydroxylation is 1. The molecule has 3 rings (SSSR count). The van der Waals surface area contributed by atoms with E-state index >= 15 is 0 Å². The van der Waals surface area contributed by atoms with E-state index in [2.05, 4.69) is 58.0 Å². The first-order valence-corrected chi connectivity index (χ1v) is 7.49. The van der Waals surface area contributed by atoms with Crippen molar-refractivity contribution in [2.45, 2.75) is 25.9 Å². The van der Waals surface area contributed by atoms with Gasteiger partial charge >= 0.3 is 0 Å². The highest BCUT2D eigenvalue weighted by Crippen LogP contribution is 2.21. The van der Waals surface area contributed by atoms with Crippen molar-refractivity contribution in [2.24, 2.45) is 0 Å². The molecule has 1 aliphatic heterocycles. The Morgan fingerprint density at radius 3 is 3.00 bits per heavy atom. The van der Waals surface area contributed by atoms with Crippen molar-refractivity contribution in [2.75, 3.05) is 25.0 Å². The number of nitrogens with zero attached hydrogens (tertiary/aromatic N) is 4. The van der Waals surface area contributed by atoms with Crippen LogP contribution in [0.4, 0.5) is 5.82 Å². The highest BCUT2D eigenvalue weighted by atomic mass is 15.3. The van der Waals surface area contributed by atoms with Crippen molar-refractivity contribution in [1.82, 2.24) is 14.9 Å². The summed E-state index contributed by atoms with van der Waals surface area (Å²) in [6, 6.07) is 11.3. The number of anilines is 1. The van der Waals surface area contributed by atoms with Gasteiger partial charge < -0.3 is 4.90 Å². The molecule has 1 fully saturated rings. The molecule has 1 aromatic heterocycles. The lowest BCUT2D eigenvalue weighted by Gasteiger charge is -2.25. The third-order valence-corrected chi connectivity index (χ3v) is 4.21. The summed E-state index contributed by atoms with van der Waals surface area (Å²) in [6.45, 7) is 5.43. The number of benzene rings is 1. The molecule has 0 amide bonds. The molecule has 1 unspecified atom stereocenters. The average Bonchev–Trinajstić information content (AvgIpc) is 2.96. The van der Waals surface area contributed by atoms with Crippen LogP contribution in [0.1, 0.15) is 17.5 Å². The molecule has 2 heterocycles. The molecule has 0 radical (unpaired) electrons. The van der Waals surface area contributed by atoms with Gasteiger partial charge in [0.25, 0.3) is 0 Å². The van der Waals surface area contributed by atoms with Crippen LogP contribution in [0.15, 0.2) is 42.9 Å². The minimum atomic E-state index is 0.532. The van der Waals surface area contributed by atoms with Crippen LogP contribution < -0.4 is 4.90 Å². The number of aromatic nitrogens is 2. The van der Waals surface area contributed by atoms with Gasteiger partial charge in [-0.15, -0.1) is 0 Å². The van der Waals surface area contributed by atoms with Crippen molar-refractivity contribution in [3.8, 4) is 0 Å². The van der Waals surface area contributed by atoms with Gasteiger partial charge in [0, 0.05) is 38.9 Å². The van der Waals surface area contributed by atoms with E-state index in [-0.39, 0.29) is 0 Å². The van der Waals surface area contributed by atoms with Crippen molar-refractivity contribution >= 4 is 5.82 Å². The Morgan fingerprint density at radius 2 is 2.24 bits per heavy atom. The van der Waals surface area contributed by atoms with Gasteiger partial charge in [-0.05, 0) is 25.0 Å². The molecule has 110 valence electrons. The van der Waals surface area contributed by atoms with Gasteiger partial charge in [0.15, 0.2) is 0 Å². The minimum absolute atomic E-state index is 0.532. The van der Waals surface area contributed by atoms with Crippen LogP contribution in [0.5, 0.6) is 0 Å². The molecule has 4 heteroatoms. The fourth-order valence-corrected chi connectivity index (χ4v) is 3.02. The number of rotatable bonds is 4. The van der Waals surface area contributed by atoms with Crippen LogP contribution in [0.25, 0.3) is 0 Å². The lowest BCUT2D eigenvalue weighted by molar-refractivity contribution is 0.326. The predicted molar refractivity (Wildman–Crippen MR) is 85.3 cm³/mol. The molecule has 4 nitrogen and oxygen atoms in total. The number of likely N-dealkylation sites (N-methyl/N-ethyl adjacent to an activating group) is 1. The summed E-state index contributed by atoms with van der Waals surface area (Å²) in [5, 5.41) is 0. The Morgan fingerprint density at radius 1 is 1.33 bits per heavy atom. The quantitative estimate of drug-likeness (QED) is 0.862. The first-order chi connectivity index (χ1) is 10.2. The molecule has 1 saturated heterocycles. The van der Waals surface area contributed by atoms with Gasteiger partial charge in [0.2, 0.25) is 0 Å². The lowest BCUT2D eigenvalue weighted by atomic mass is 10.1. The van der Waals surface area contributed by atoms with Gasteiger partial charge in [-0.1, -0.05) is 29.8 Å². The summed E-state index contributed by atoms with van der Waals surface area (Å²) < 4.78 is 0. The largest absolute Gasteiger partial charge is 0.355 e. The first-order valence-electron chi connectivity index (χ1n) is 7.49. The maximum absolute atomic E-state index is 4.34. The summed E-state index contributed by atoms with van der Waals surface area (Å²) in [6.07, 6.45) is 4.61. The zero-order valence-electron chi connectivity index (χ0n) is 12.7. The second-order valence-electron chi connectivity index (χ2n) is 5.85. The molecule has 1 aromatic carbocycles. The van der Waals surface area contributed by atoms with Crippen LogP contribution >= 0.6 is 0 Å². The second kappa shape index (κ2) is 6.22. The van der Waals surface area contributed by atoms with Gasteiger partial charge in [0.1, 0.15) is 12.1 Å². The van der Waals surface area contributed by atoms with E-state index in [4.69, 9.17) is 0 Å². The second-order valence-corrected chi connectivity index (χ2v) is 5.85. The Kier molecular flexibility index (Phi) is 4.15.